The van der Waals surface area contributed by atoms with Gasteiger partial charge >= 0.3 is 0 Å². The Bertz CT molecular complexity index is 743. The van der Waals surface area contributed by atoms with Crippen LogP contribution in [-0.2, 0) is 11.8 Å². The molecule has 1 fully saturated rings. The van der Waals surface area contributed by atoms with Gasteiger partial charge in [0.25, 0.3) is 0 Å². The number of aryl methyl sites for hydroxylation is 2. The molecule has 1 aromatic carbocycles. The first kappa shape index (κ1) is 18.3. The van der Waals surface area contributed by atoms with E-state index in [-0.39, 0.29) is 6.10 Å². The molecule has 1 atom stereocenters. The molecule has 0 saturated carbocycles. The van der Waals surface area contributed by atoms with Crippen LogP contribution in [0, 0.1) is 6.92 Å². The van der Waals surface area contributed by atoms with E-state index in [9.17, 15) is 0 Å². The maximum Gasteiger partial charge on any atom is 0.193 e. The van der Waals surface area contributed by atoms with Gasteiger partial charge in [-0.05, 0) is 18.6 Å². The number of rotatable bonds is 5. The molecule has 0 spiro atoms. The van der Waals surface area contributed by atoms with Crippen molar-refractivity contribution in [1.29, 1.82) is 0 Å². The summed E-state index contributed by atoms with van der Waals surface area (Å²) in [5.41, 5.74) is 2.24. The van der Waals surface area contributed by atoms with E-state index in [2.05, 4.69) is 20.3 Å². The van der Waals surface area contributed by atoms with Crippen molar-refractivity contribution in [2.45, 2.75) is 13.0 Å². The molecule has 26 heavy (non-hydrogen) atoms. The molecule has 7 nitrogen and oxygen atoms in total. The molecule has 140 valence electrons. The summed E-state index contributed by atoms with van der Waals surface area (Å²) in [5, 5.41) is 7.61. The maximum absolute atomic E-state index is 5.90. The van der Waals surface area contributed by atoms with Crippen molar-refractivity contribution < 1.29 is 9.47 Å². The van der Waals surface area contributed by atoms with E-state index in [1.807, 2.05) is 50.6 Å². The third kappa shape index (κ3) is 4.54. The summed E-state index contributed by atoms with van der Waals surface area (Å²) < 4.78 is 13.5. The fourth-order valence-corrected chi connectivity index (χ4v) is 3.02. The normalized spacial score (nSPS) is 18.0. The lowest BCUT2D eigenvalue weighted by Crippen LogP contribution is -2.48. The molecule has 2 aromatic rings. The van der Waals surface area contributed by atoms with Crippen molar-refractivity contribution >= 4 is 5.96 Å². The van der Waals surface area contributed by atoms with Crippen LogP contribution in [-0.4, -0.2) is 60.5 Å². The number of guanidine groups is 1. The van der Waals surface area contributed by atoms with Crippen molar-refractivity contribution in [3.63, 3.8) is 0 Å². The highest BCUT2D eigenvalue weighted by atomic mass is 16.5. The lowest BCUT2D eigenvalue weighted by molar-refractivity contribution is -0.00805. The number of para-hydroxylation sites is 1. The van der Waals surface area contributed by atoms with Crippen LogP contribution >= 0.6 is 0 Å². The number of ether oxygens (including phenoxy) is 2. The molecule has 0 radical (unpaired) electrons. The number of hydrogen-bond donors (Lipinski definition) is 1. The highest BCUT2D eigenvalue weighted by Gasteiger charge is 2.25. The van der Waals surface area contributed by atoms with Crippen LogP contribution < -0.4 is 10.1 Å². The van der Waals surface area contributed by atoms with Crippen molar-refractivity contribution in [3.05, 3.63) is 47.8 Å². The van der Waals surface area contributed by atoms with Gasteiger partial charge in [-0.2, -0.15) is 5.10 Å². The number of aromatic nitrogens is 2. The molecule has 1 unspecified atom stereocenters. The van der Waals surface area contributed by atoms with Gasteiger partial charge in [0, 0.05) is 32.4 Å². The van der Waals surface area contributed by atoms with Crippen molar-refractivity contribution in [1.82, 2.24) is 20.0 Å². The molecule has 0 amide bonds. The minimum Gasteiger partial charge on any atom is -0.491 e. The summed E-state index contributed by atoms with van der Waals surface area (Å²) in [6, 6.07) is 8.04. The number of benzene rings is 1. The fourth-order valence-electron chi connectivity index (χ4n) is 3.02. The van der Waals surface area contributed by atoms with Gasteiger partial charge in [0.2, 0.25) is 0 Å². The van der Waals surface area contributed by atoms with E-state index in [4.69, 9.17) is 9.47 Å². The number of nitrogens with zero attached hydrogens (tertiary/aromatic N) is 4. The molecule has 2 heterocycles. The smallest absolute Gasteiger partial charge is 0.193 e. The van der Waals surface area contributed by atoms with Crippen molar-refractivity contribution in [2.75, 3.05) is 39.9 Å². The van der Waals surface area contributed by atoms with E-state index in [1.165, 1.54) is 0 Å². The zero-order valence-corrected chi connectivity index (χ0v) is 15.7. The number of morpholine rings is 1. The van der Waals surface area contributed by atoms with Crippen molar-refractivity contribution in [3.8, 4) is 5.75 Å². The highest BCUT2D eigenvalue weighted by Crippen LogP contribution is 2.21. The van der Waals surface area contributed by atoms with E-state index in [0.717, 1.165) is 35.9 Å². The quantitative estimate of drug-likeness (QED) is 0.502. The zero-order chi connectivity index (χ0) is 18.4. The monoisotopic (exact) mass is 357 g/mol. The predicted molar refractivity (Wildman–Crippen MR) is 102 cm³/mol. The van der Waals surface area contributed by atoms with Crippen LogP contribution in [0.1, 0.15) is 17.2 Å². The van der Waals surface area contributed by atoms with Gasteiger partial charge in [-0.3, -0.25) is 9.67 Å². The second kappa shape index (κ2) is 8.71. The lowest BCUT2D eigenvalue weighted by Gasteiger charge is -2.34. The van der Waals surface area contributed by atoms with Crippen LogP contribution in [0.15, 0.2) is 41.7 Å². The Kier molecular flexibility index (Phi) is 6.12. The third-order valence-corrected chi connectivity index (χ3v) is 4.41. The minimum absolute atomic E-state index is 0.0132. The number of hydrogen-bond acceptors (Lipinski definition) is 4. The van der Waals surface area contributed by atoms with E-state index in [1.54, 1.807) is 11.7 Å². The van der Waals surface area contributed by atoms with Crippen LogP contribution in [0.3, 0.4) is 0 Å². The lowest BCUT2D eigenvalue weighted by atomic mass is 10.1. The molecule has 1 saturated heterocycles. The molecule has 1 aliphatic heterocycles. The fraction of sp³-hybridized carbons (Fsp3) is 0.474. The van der Waals surface area contributed by atoms with Gasteiger partial charge in [-0.25, -0.2) is 0 Å². The minimum atomic E-state index is 0.0132. The van der Waals surface area contributed by atoms with E-state index in [0.29, 0.717) is 19.8 Å². The molecule has 0 bridgehead atoms. The van der Waals surface area contributed by atoms with E-state index < -0.39 is 0 Å². The second-order valence-corrected chi connectivity index (χ2v) is 6.34. The number of aliphatic imine (C=N–C) groups is 1. The van der Waals surface area contributed by atoms with Gasteiger partial charge in [0.1, 0.15) is 18.5 Å². The summed E-state index contributed by atoms with van der Waals surface area (Å²) in [6.45, 7) is 5.56. The van der Waals surface area contributed by atoms with Gasteiger partial charge in [0.15, 0.2) is 5.96 Å². The Morgan fingerprint density at radius 2 is 2.27 bits per heavy atom. The molecule has 0 aliphatic carbocycles. The Labute approximate surface area is 154 Å². The molecular formula is C19H27N5O2. The predicted octanol–water partition coefficient (Wildman–Crippen LogP) is 1.76. The topological polar surface area (TPSA) is 63.9 Å². The zero-order valence-electron chi connectivity index (χ0n) is 15.7. The Morgan fingerprint density at radius 1 is 1.42 bits per heavy atom. The Morgan fingerprint density at radius 3 is 3.00 bits per heavy atom. The summed E-state index contributed by atoms with van der Waals surface area (Å²) >= 11 is 0. The first-order chi connectivity index (χ1) is 12.7. The average Bonchev–Trinajstić information content (AvgIpc) is 3.10. The van der Waals surface area contributed by atoms with Crippen molar-refractivity contribution in [2.24, 2.45) is 12.0 Å². The van der Waals surface area contributed by atoms with Gasteiger partial charge in [-0.15, -0.1) is 0 Å². The number of nitrogens with one attached hydrogen (secondary N) is 1. The summed E-state index contributed by atoms with van der Waals surface area (Å²) in [7, 11) is 3.72. The first-order valence-corrected chi connectivity index (χ1v) is 8.91. The summed E-state index contributed by atoms with van der Waals surface area (Å²) in [4.78, 5) is 6.62. The molecular weight excluding hydrogens is 330 g/mol. The van der Waals surface area contributed by atoms with Crippen LogP contribution in [0.5, 0.6) is 5.75 Å². The van der Waals surface area contributed by atoms with Gasteiger partial charge in [0.05, 0.1) is 25.9 Å². The molecule has 1 aliphatic rings. The molecule has 3 rings (SSSR count). The largest absolute Gasteiger partial charge is 0.491 e. The Balaban J connectivity index is 1.49. The first-order valence-electron chi connectivity index (χ1n) is 8.91. The van der Waals surface area contributed by atoms with Gasteiger partial charge in [-0.1, -0.05) is 18.2 Å². The summed E-state index contributed by atoms with van der Waals surface area (Å²) in [6.07, 6.45) is 3.88. The SMILES string of the molecule is CN=C(NCCOc1ccccc1C)N1CCOC(c2cnn(C)c2)C1. The van der Waals surface area contributed by atoms with Gasteiger partial charge < -0.3 is 19.7 Å². The molecule has 7 heteroatoms. The van der Waals surface area contributed by atoms with Crippen LogP contribution in [0.2, 0.25) is 0 Å². The molecule has 1 N–H and O–H groups in total. The third-order valence-electron chi connectivity index (χ3n) is 4.41. The second-order valence-electron chi connectivity index (χ2n) is 6.34. The van der Waals surface area contributed by atoms with E-state index >= 15 is 0 Å². The maximum atomic E-state index is 5.90. The average molecular weight is 357 g/mol. The standard InChI is InChI=1S/C19H27N5O2/c1-15-6-4-5-7-17(15)25-10-8-21-19(20-2)24-9-11-26-18(14-24)16-12-22-23(3)13-16/h4-7,12-13,18H,8-11,14H2,1-3H3,(H,20,21). The molecule has 1 aromatic heterocycles. The van der Waals surface area contributed by atoms with Crippen LogP contribution in [0.4, 0.5) is 0 Å². The Hall–Kier alpha value is -2.54. The van der Waals surface area contributed by atoms with Crippen LogP contribution in [0.25, 0.3) is 0 Å². The highest BCUT2D eigenvalue weighted by molar-refractivity contribution is 5.80. The summed E-state index contributed by atoms with van der Waals surface area (Å²) in [5.74, 6) is 1.79.